The summed E-state index contributed by atoms with van der Waals surface area (Å²) in [5.41, 5.74) is 5.41. The molecule has 1 aliphatic rings. The predicted molar refractivity (Wildman–Crippen MR) is 54.1 cm³/mol. The molecule has 0 aromatic carbocycles. The number of hydrogen-bond donors (Lipinski definition) is 1. The summed E-state index contributed by atoms with van der Waals surface area (Å²) in [6.45, 7) is 3.78. The third-order valence-electron chi connectivity index (χ3n) is 2.53. The van der Waals surface area contributed by atoms with Crippen LogP contribution in [0.15, 0.2) is 12.4 Å². The number of anilines is 2. The molecule has 1 aromatic rings. The van der Waals surface area contributed by atoms with Crippen molar-refractivity contribution in [3.63, 3.8) is 0 Å². The maximum atomic E-state index is 5.45. The second-order valence-electron chi connectivity index (χ2n) is 3.81. The lowest BCUT2D eigenvalue weighted by molar-refractivity contribution is -0.0171. The van der Waals surface area contributed by atoms with E-state index in [1.165, 1.54) is 0 Å². The number of ether oxygens (including phenoxy) is 1. The minimum atomic E-state index is -0.0386. The van der Waals surface area contributed by atoms with Crippen molar-refractivity contribution in [1.82, 2.24) is 9.97 Å². The van der Waals surface area contributed by atoms with Gasteiger partial charge in [-0.2, -0.15) is 0 Å². The Hall–Kier alpha value is -1.36. The number of hydrogen-bond acceptors (Lipinski definition) is 5. The molecule has 76 valence electrons. The summed E-state index contributed by atoms with van der Waals surface area (Å²) in [5, 5.41) is 0. The van der Waals surface area contributed by atoms with E-state index in [0.29, 0.717) is 5.82 Å². The van der Waals surface area contributed by atoms with Crippen LogP contribution in [0.2, 0.25) is 0 Å². The molecule has 0 spiro atoms. The van der Waals surface area contributed by atoms with Gasteiger partial charge in [-0.05, 0) is 6.92 Å². The fourth-order valence-electron chi connectivity index (χ4n) is 1.55. The third-order valence-corrected chi connectivity index (χ3v) is 2.53. The van der Waals surface area contributed by atoms with E-state index in [4.69, 9.17) is 10.5 Å². The zero-order chi connectivity index (χ0) is 10.2. The summed E-state index contributed by atoms with van der Waals surface area (Å²) in [4.78, 5) is 10.3. The van der Waals surface area contributed by atoms with Crippen molar-refractivity contribution in [2.45, 2.75) is 12.5 Å². The molecular weight excluding hydrogens is 180 g/mol. The Morgan fingerprint density at radius 3 is 2.64 bits per heavy atom. The zero-order valence-corrected chi connectivity index (χ0v) is 8.40. The number of nitrogen functional groups attached to an aromatic ring is 1. The van der Waals surface area contributed by atoms with Crippen LogP contribution in [0, 0.1) is 0 Å². The van der Waals surface area contributed by atoms with Gasteiger partial charge in [0.15, 0.2) is 0 Å². The monoisotopic (exact) mass is 194 g/mol. The molecule has 1 aliphatic heterocycles. The first-order chi connectivity index (χ1) is 6.63. The van der Waals surface area contributed by atoms with Crippen LogP contribution in [-0.2, 0) is 4.74 Å². The van der Waals surface area contributed by atoms with Crippen LogP contribution < -0.4 is 10.6 Å². The lowest BCUT2D eigenvalue weighted by Gasteiger charge is -2.47. The van der Waals surface area contributed by atoms with Crippen molar-refractivity contribution in [3.8, 4) is 0 Å². The highest BCUT2D eigenvalue weighted by Crippen LogP contribution is 2.27. The topological polar surface area (TPSA) is 64.3 Å². The Labute approximate surface area is 82.9 Å². The molecule has 2 rings (SSSR count). The number of nitrogens with two attached hydrogens (primary N) is 1. The molecule has 0 bridgehead atoms. The van der Waals surface area contributed by atoms with Crippen molar-refractivity contribution in [1.29, 1.82) is 0 Å². The second kappa shape index (κ2) is 3.09. The van der Waals surface area contributed by atoms with Gasteiger partial charge >= 0.3 is 0 Å². The van der Waals surface area contributed by atoms with E-state index in [9.17, 15) is 0 Å². The highest BCUT2D eigenvalue weighted by Gasteiger charge is 2.39. The molecular formula is C9H14N4O. The molecule has 1 aromatic heterocycles. The number of aromatic nitrogens is 2. The van der Waals surface area contributed by atoms with Gasteiger partial charge in [-0.1, -0.05) is 0 Å². The lowest BCUT2D eigenvalue weighted by atomic mass is 9.97. The number of rotatable bonds is 2. The van der Waals surface area contributed by atoms with E-state index in [0.717, 1.165) is 18.9 Å². The van der Waals surface area contributed by atoms with Crippen LogP contribution >= 0.6 is 0 Å². The van der Waals surface area contributed by atoms with E-state index in [2.05, 4.69) is 21.8 Å². The Morgan fingerprint density at radius 2 is 2.14 bits per heavy atom. The van der Waals surface area contributed by atoms with Crippen LogP contribution in [0.1, 0.15) is 6.92 Å². The molecule has 2 N–H and O–H groups in total. The fourth-order valence-corrected chi connectivity index (χ4v) is 1.55. The van der Waals surface area contributed by atoms with E-state index >= 15 is 0 Å². The SMILES string of the molecule is COC1(C)CN(c2cnc(N)cn2)C1. The van der Waals surface area contributed by atoms with Crippen molar-refractivity contribution >= 4 is 11.6 Å². The molecule has 2 heterocycles. The highest BCUT2D eigenvalue weighted by atomic mass is 16.5. The van der Waals surface area contributed by atoms with Crippen LogP contribution in [0.4, 0.5) is 11.6 Å². The minimum Gasteiger partial charge on any atom is -0.382 e. The summed E-state index contributed by atoms with van der Waals surface area (Å²) in [6, 6.07) is 0. The largest absolute Gasteiger partial charge is 0.382 e. The van der Waals surface area contributed by atoms with Gasteiger partial charge in [-0.25, -0.2) is 9.97 Å². The van der Waals surface area contributed by atoms with E-state index < -0.39 is 0 Å². The molecule has 5 nitrogen and oxygen atoms in total. The molecule has 0 amide bonds. The summed E-state index contributed by atoms with van der Waals surface area (Å²) in [5.74, 6) is 1.30. The van der Waals surface area contributed by atoms with Gasteiger partial charge in [0, 0.05) is 7.11 Å². The molecule has 1 fully saturated rings. The van der Waals surface area contributed by atoms with Gasteiger partial charge in [0.2, 0.25) is 0 Å². The van der Waals surface area contributed by atoms with Crippen LogP contribution in [-0.4, -0.2) is 35.8 Å². The second-order valence-corrected chi connectivity index (χ2v) is 3.81. The molecule has 0 atom stereocenters. The van der Waals surface area contributed by atoms with Gasteiger partial charge in [0.05, 0.1) is 31.1 Å². The third kappa shape index (κ3) is 1.50. The van der Waals surface area contributed by atoms with Gasteiger partial charge in [0.25, 0.3) is 0 Å². The first-order valence-corrected chi connectivity index (χ1v) is 4.51. The van der Waals surface area contributed by atoms with Crippen molar-refractivity contribution in [3.05, 3.63) is 12.4 Å². The Bertz CT molecular complexity index is 318. The smallest absolute Gasteiger partial charge is 0.147 e. The average Bonchev–Trinajstić information content (AvgIpc) is 2.15. The molecule has 0 aliphatic carbocycles. The summed E-state index contributed by atoms with van der Waals surface area (Å²) in [7, 11) is 1.73. The quantitative estimate of drug-likeness (QED) is 0.732. The van der Waals surface area contributed by atoms with Gasteiger partial charge in [-0.3, -0.25) is 0 Å². The van der Waals surface area contributed by atoms with Gasteiger partial charge in [-0.15, -0.1) is 0 Å². The summed E-state index contributed by atoms with van der Waals surface area (Å²) >= 11 is 0. The first kappa shape index (κ1) is 9.21. The van der Waals surface area contributed by atoms with Gasteiger partial charge < -0.3 is 15.4 Å². The van der Waals surface area contributed by atoms with E-state index in [-0.39, 0.29) is 5.60 Å². The lowest BCUT2D eigenvalue weighted by Crippen LogP contribution is -2.61. The van der Waals surface area contributed by atoms with Crippen molar-refractivity contribution in [2.24, 2.45) is 0 Å². The van der Waals surface area contributed by atoms with Crippen molar-refractivity contribution < 1.29 is 4.74 Å². The molecule has 5 heteroatoms. The zero-order valence-electron chi connectivity index (χ0n) is 8.40. The Morgan fingerprint density at radius 1 is 1.43 bits per heavy atom. The van der Waals surface area contributed by atoms with E-state index in [1.807, 2.05) is 0 Å². The summed E-state index contributed by atoms with van der Waals surface area (Å²) < 4.78 is 5.33. The maximum absolute atomic E-state index is 5.45. The first-order valence-electron chi connectivity index (χ1n) is 4.51. The predicted octanol–water partition coefficient (Wildman–Crippen LogP) is 0.284. The van der Waals surface area contributed by atoms with Crippen LogP contribution in [0.25, 0.3) is 0 Å². The molecule has 14 heavy (non-hydrogen) atoms. The van der Waals surface area contributed by atoms with Crippen molar-refractivity contribution in [2.75, 3.05) is 30.8 Å². The normalized spacial score (nSPS) is 19.1. The Kier molecular flexibility index (Phi) is 2.03. The van der Waals surface area contributed by atoms with E-state index in [1.54, 1.807) is 19.5 Å². The number of methoxy groups -OCH3 is 1. The Balaban J connectivity index is 2.03. The van der Waals surface area contributed by atoms with Gasteiger partial charge in [0.1, 0.15) is 11.6 Å². The van der Waals surface area contributed by atoms with Crippen LogP contribution in [0.5, 0.6) is 0 Å². The minimum absolute atomic E-state index is 0.0386. The van der Waals surface area contributed by atoms with Crippen LogP contribution in [0.3, 0.4) is 0 Å². The molecule has 0 saturated carbocycles. The highest BCUT2D eigenvalue weighted by molar-refractivity contribution is 5.43. The fraction of sp³-hybridized carbons (Fsp3) is 0.556. The number of nitrogens with zero attached hydrogens (tertiary/aromatic N) is 3. The maximum Gasteiger partial charge on any atom is 0.147 e. The molecule has 0 unspecified atom stereocenters. The standard InChI is InChI=1S/C9H14N4O/c1-9(14-2)5-13(6-9)8-4-11-7(10)3-12-8/h3-4H,5-6H2,1-2H3,(H2,10,11). The molecule has 0 radical (unpaired) electrons. The summed E-state index contributed by atoms with van der Waals surface area (Å²) in [6.07, 6.45) is 3.25. The molecule has 1 saturated heterocycles. The average molecular weight is 194 g/mol.